The van der Waals surface area contributed by atoms with Gasteiger partial charge in [0.05, 0.1) is 11.0 Å². The highest BCUT2D eigenvalue weighted by Crippen LogP contribution is 2.37. The molecule has 0 saturated heterocycles. The number of hydrogen-bond donors (Lipinski definition) is 1. The quantitative estimate of drug-likeness (QED) is 0.219. The zero-order valence-electron chi connectivity index (χ0n) is 25.5. The van der Waals surface area contributed by atoms with Crippen LogP contribution in [-0.4, -0.2) is 11.6 Å². The third kappa shape index (κ3) is 4.60. The molecule has 8 rings (SSSR count). The van der Waals surface area contributed by atoms with Crippen LogP contribution in [0.2, 0.25) is 0 Å². The number of nitrogens with zero attached hydrogens (tertiary/aromatic N) is 1. The number of aromatic nitrogens is 1. The Labute approximate surface area is 259 Å². The maximum Gasteiger partial charge on any atom is 0.0625 e. The van der Waals surface area contributed by atoms with Crippen molar-refractivity contribution in [3.05, 3.63) is 144 Å². The van der Waals surface area contributed by atoms with Gasteiger partial charge < -0.3 is 9.88 Å². The molecule has 2 nitrogen and oxygen atoms in total. The number of fused-ring (bicyclic) bond motifs is 4. The lowest BCUT2D eigenvalue weighted by atomic mass is 9.96. The first kappa shape index (κ1) is 27.5. The summed E-state index contributed by atoms with van der Waals surface area (Å²) in [6.07, 6.45) is 5.71. The highest BCUT2D eigenvalue weighted by Gasteiger charge is 2.19. The van der Waals surface area contributed by atoms with Crippen LogP contribution in [0.3, 0.4) is 0 Å². The first-order valence-corrected chi connectivity index (χ1v) is 15.6. The van der Waals surface area contributed by atoms with Crippen molar-refractivity contribution in [2.75, 3.05) is 12.4 Å². The smallest absolute Gasteiger partial charge is 0.0625 e. The minimum atomic E-state index is 0.965. The average Bonchev–Trinajstić information content (AvgIpc) is 3.71. The molecule has 1 heterocycles. The van der Waals surface area contributed by atoms with Crippen molar-refractivity contribution >= 4 is 39.6 Å². The molecule has 0 unspecified atom stereocenters. The standard InChI is InChI=1S/C40H30N2.C2H6/c1-41-37-16-7-5-13-33(37)29-18-20-30(21-19-29)39-34-15-9-12-31(34)26-36-35-14-6-8-17-38(35)42(40(36)39)32-24-22-28(23-25-32)27-10-3-2-4-11-27;1-2/h2-8,10-26,41H,9H2,1H3;1-2H3. The highest BCUT2D eigenvalue weighted by atomic mass is 15.0. The van der Waals surface area contributed by atoms with Crippen molar-refractivity contribution in [3.8, 4) is 39.1 Å². The summed E-state index contributed by atoms with van der Waals surface area (Å²) < 4.78 is 2.46. The zero-order chi connectivity index (χ0) is 30.0. The van der Waals surface area contributed by atoms with Gasteiger partial charge in [0.25, 0.3) is 0 Å². The zero-order valence-corrected chi connectivity index (χ0v) is 25.5. The number of benzene rings is 6. The first-order valence-electron chi connectivity index (χ1n) is 15.6. The average molecular weight is 569 g/mol. The maximum absolute atomic E-state index is 3.34. The van der Waals surface area contributed by atoms with E-state index >= 15 is 0 Å². The fourth-order valence-corrected chi connectivity index (χ4v) is 6.62. The molecule has 1 aliphatic carbocycles. The number of nitrogens with one attached hydrogen (secondary N) is 1. The predicted molar refractivity (Wildman–Crippen MR) is 191 cm³/mol. The molecule has 6 aromatic carbocycles. The summed E-state index contributed by atoms with van der Waals surface area (Å²) in [7, 11) is 1.98. The van der Waals surface area contributed by atoms with Crippen molar-refractivity contribution in [3.63, 3.8) is 0 Å². The third-order valence-electron chi connectivity index (χ3n) is 8.60. The van der Waals surface area contributed by atoms with E-state index in [0.29, 0.717) is 0 Å². The second-order valence-electron chi connectivity index (χ2n) is 10.9. The molecule has 7 aromatic rings. The van der Waals surface area contributed by atoms with Gasteiger partial charge in [-0.05, 0) is 69.4 Å². The largest absolute Gasteiger partial charge is 0.388 e. The van der Waals surface area contributed by atoms with E-state index in [1.165, 1.54) is 71.3 Å². The molecule has 0 saturated carbocycles. The second kappa shape index (κ2) is 11.7. The highest BCUT2D eigenvalue weighted by molar-refractivity contribution is 6.14. The van der Waals surface area contributed by atoms with E-state index in [1.54, 1.807) is 0 Å². The van der Waals surface area contributed by atoms with Crippen molar-refractivity contribution in [2.24, 2.45) is 0 Å². The van der Waals surface area contributed by atoms with Gasteiger partial charge in [0.2, 0.25) is 0 Å². The molecular formula is C42H36N2. The summed E-state index contributed by atoms with van der Waals surface area (Å²) in [5, 5.41) is 8.57. The van der Waals surface area contributed by atoms with Gasteiger partial charge >= 0.3 is 0 Å². The molecule has 0 atom stereocenters. The summed E-state index contributed by atoms with van der Waals surface area (Å²) in [6.45, 7) is 4.00. The molecule has 214 valence electrons. The Bertz CT molecular complexity index is 2220. The number of anilines is 1. The maximum atomic E-state index is 3.34. The summed E-state index contributed by atoms with van der Waals surface area (Å²) in [4.78, 5) is 0. The van der Waals surface area contributed by atoms with Gasteiger partial charge in [-0.15, -0.1) is 0 Å². The van der Waals surface area contributed by atoms with E-state index < -0.39 is 0 Å². The van der Waals surface area contributed by atoms with E-state index in [1.807, 2.05) is 20.9 Å². The Kier molecular flexibility index (Phi) is 7.33. The third-order valence-corrected chi connectivity index (χ3v) is 8.60. The van der Waals surface area contributed by atoms with Gasteiger partial charge in [-0.3, -0.25) is 0 Å². The van der Waals surface area contributed by atoms with Gasteiger partial charge in [-0.1, -0.05) is 129 Å². The molecule has 0 bridgehead atoms. The normalized spacial score (nSPS) is 11.8. The van der Waals surface area contributed by atoms with Crippen molar-refractivity contribution in [2.45, 2.75) is 20.3 Å². The monoisotopic (exact) mass is 568 g/mol. The predicted octanol–water partition coefficient (Wildman–Crippen LogP) is 9.82. The Morgan fingerprint density at radius 2 is 1.20 bits per heavy atom. The van der Waals surface area contributed by atoms with Crippen LogP contribution in [0.15, 0.2) is 133 Å². The summed E-state index contributed by atoms with van der Waals surface area (Å²) in [6, 6.07) is 48.4. The number of rotatable bonds is 5. The minimum absolute atomic E-state index is 0.965. The molecule has 0 spiro atoms. The van der Waals surface area contributed by atoms with E-state index in [-0.39, 0.29) is 0 Å². The molecule has 0 amide bonds. The van der Waals surface area contributed by atoms with Gasteiger partial charge in [-0.25, -0.2) is 0 Å². The first-order chi connectivity index (χ1) is 21.8. The van der Waals surface area contributed by atoms with Crippen LogP contribution in [0.25, 0.3) is 73.0 Å². The molecule has 1 aromatic heterocycles. The molecule has 0 aliphatic heterocycles. The van der Waals surface area contributed by atoms with Crippen molar-refractivity contribution in [1.29, 1.82) is 0 Å². The Balaban J connectivity index is 0.00000153. The molecule has 0 radical (unpaired) electrons. The van der Waals surface area contributed by atoms with Crippen molar-refractivity contribution in [1.82, 2.24) is 4.57 Å². The second-order valence-corrected chi connectivity index (χ2v) is 10.9. The fourth-order valence-electron chi connectivity index (χ4n) is 6.62. The number of hydrogen-bond acceptors (Lipinski definition) is 1. The molecule has 2 heteroatoms. The van der Waals surface area contributed by atoms with Crippen LogP contribution < -0.4 is 15.8 Å². The lowest BCUT2D eigenvalue weighted by Crippen LogP contribution is -2.24. The van der Waals surface area contributed by atoms with Crippen LogP contribution in [0.4, 0.5) is 5.69 Å². The van der Waals surface area contributed by atoms with Crippen LogP contribution in [0.1, 0.15) is 20.3 Å². The van der Waals surface area contributed by atoms with Crippen molar-refractivity contribution < 1.29 is 0 Å². The van der Waals surface area contributed by atoms with Gasteiger partial charge in [-0.2, -0.15) is 0 Å². The van der Waals surface area contributed by atoms with E-state index in [2.05, 4.69) is 155 Å². The van der Waals surface area contributed by atoms with Crippen LogP contribution >= 0.6 is 0 Å². The van der Waals surface area contributed by atoms with Gasteiger partial charge in [0.15, 0.2) is 0 Å². The summed E-state index contributed by atoms with van der Waals surface area (Å²) >= 11 is 0. The van der Waals surface area contributed by atoms with E-state index in [9.17, 15) is 0 Å². The molecule has 0 fully saturated rings. The molecular weight excluding hydrogens is 532 g/mol. The van der Waals surface area contributed by atoms with Crippen LogP contribution in [0.5, 0.6) is 0 Å². The molecule has 44 heavy (non-hydrogen) atoms. The lowest BCUT2D eigenvalue weighted by Gasteiger charge is -2.14. The van der Waals surface area contributed by atoms with Gasteiger partial charge in [0.1, 0.15) is 0 Å². The summed E-state index contributed by atoms with van der Waals surface area (Å²) in [5.41, 5.74) is 12.2. The molecule has 1 aliphatic rings. The lowest BCUT2D eigenvalue weighted by molar-refractivity contribution is 1.18. The molecule has 1 N–H and O–H groups in total. The van der Waals surface area contributed by atoms with Gasteiger partial charge in [0, 0.05) is 40.3 Å². The fraction of sp³-hybridized carbons (Fsp3) is 0.0952. The summed E-state index contributed by atoms with van der Waals surface area (Å²) in [5.74, 6) is 0. The minimum Gasteiger partial charge on any atom is -0.388 e. The SMILES string of the molecule is CC.CNc1ccccc1-c1ccc(-c2c3c(cc4c5ccccc5n(-c5ccc(-c6ccccc6)cc5)c24)=CCC=3)cc1. The van der Waals surface area contributed by atoms with E-state index in [0.717, 1.165) is 12.1 Å². The van der Waals surface area contributed by atoms with E-state index in [4.69, 9.17) is 0 Å². The topological polar surface area (TPSA) is 17.0 Å². The Morgan fingerprint density at radius 1 is 0.568 bits per heavy atom. The Morgan fingerprint density at radius 3 is 1.98 bits per heavy atom. The number of para-hydroxylation sites is 2. The van der Waals surface area contributed by atoms with Crippen LogP contribution in [-0.2, 0) is 0 Å². The Hall–Kier alpha value is -5.34. The van der Waals surface area contributed by atoms with Crippen LogP contribution in [0, 0.1) is 0 Å².